The molecule has 1 aromatic rings. The topological polar surface area (TPSA) is 66.8 Å². The third-order valence-corrected chi connectivity index (χ3v) is 2.92. The van der Waals surface area contributed by atoms with E-state index in [0.717, 1.165) is 5.56 Å². The van der Waals surface area contributed by atoms with Crippen molar-refractivity contribution in [2.75, 3.05) is 6.54 Å². The summed E-state index contributed by atoms with van der Waals surface area (Å²) in [6, 6.07) is 5.87. The van der Waals surface area contributed by atoms with Gasteiger partial charge in [-0.2, -0.15) is 0 Å². The third-order valence-electron chi connectivity index (χ3n) is 2.92. The van der Waals surface area contributed by atoms with Crippen LogP contribution in [0.25, 0.3) is 0 Å². The highest BCUT2D eigenvalue weighted by Crippen LogP contribution is 2.18. The Bertz CT molecular complexity index is 474. The highest BCUT2D eigenvalue weighted by Gasteiger charge is 2.31. The summed E-state index contributed by atoms with van der Waals surface area (Å²) in [7, 11) is 0. The predicted molar refractivity (Wildman–Crippen MR) is 63.9 cm³/mol. The molecular weight excluding hydrogens is 253 g/mol. The summed E-state index contributed by atoms with van der Waals surface area (Å²) in [4.78, 5) is 23.5. The number of amides is 1. The molecule has 1 aliphatic rings. The molecule has 1 amide bonds. The molecule has 0 bridgehead atoms. The van der Waals surface area contributed by atoms with Crippen molar-refractivity contribution in [2.45, 2.75) is 25.5 Å². The van der Waals surface area contributed by atoms with Gasteiger partial charge in [-0.15, -0.1) is 0 Å². The van der Waals surface area contributed by atoms with E-state index in [0.29, 0.717) is 19.5 Å². The van der Waals surface area contributed by atoms with Crippen LogP contribution in [0, 0.1) is 5.82 Å². The zero-order valence-corrected chi connectivity index (χ0v) is 10.2. The first-order valence-electron chi connectivity index (χ1n) is 5.96. The number of carboxylic acid groups (broad SMARTS) is 1. The molecule has 0 spiro atoms. The number of aliphatic carboxylic acids is 1. The summed E-state index contributed by atoms with van der Waals surface area (Å²) in [6.07, 6.45) is -0.563. The number of rotatable bonds is 5. The molecule has 1 fully saturated rings. The molecule has 0 aromatic heterocycles. The highest BCUT2D eigenvalue weighted by atomic mass is 19.1. The van der Waals surface area contributed by atoms with Gasteiger partial charge in [0.1, 0.15) is 11.9 Å². The van der Waals surface area contributed by atoms with Crippen molar-refractivity contribution in [3.63, 3.8) is 0 Å². The van der Waals surface area contributed by atoms with Crippen LogP contribution in [0.5, 0.6) is 0 Å². The first-order chi connectivity index (χ1) is 9.04. The molecule has 0 saturated carbocycles. The molecule has 1 atom stereocenters. The number of carboxylic acids is 1. The van der Waals surface area contributed by atoms with Crippen LogP contribution in [0.1, 0.15) is 18.4 Å². The molecule has 6 heteroatoms. The van der Waals surface area contributed by atoms with E-state index in [9.17, 15) is 14.0 Å². The molecule has 0 radical (unpaired) electrons. The Hall–Kier alpha value is -2.11. The molecular formula is C13H14FNO4. The molecule has 1 heterocycles. The maximum Gasteiger partial charge on any atom is 0.410 e. The first kappa shape index (κ1) is 13.3. The van der Waals surface area contributed by atoms with E-state index in [-0.39, 0.29) is 18.3 Å². The number of carbonyl (C=O) groups is 2. The van der Waals surface area contributed by atoms with Crippen molar-refractivity contribution in [2.24, 2.45) is 0 Å². The van der Waals surface area contributed by atoms with Gasteiger partial charge in [0.2, 0.25) is 0 Å². The van der Waals surface area contributed by atoms with E-state index in [2.05, 4.69) is 0 Å². The van der Waals surface area contributed by atoms with Crippen molar-refractivity contribution in [1.82, 2.24) is 4.90 Å². The minimum atomic E-state index is -0.909. The van der Waals surface area contributed by atoms with Gasteiger partial charge in [-0.25, -0.2) is 9.18 Å². The molecule has 1 saturated heterocycles. The van der Waals surface area contributed by atoms with Crippen molar-refractivity contribution in [1.29, 1.82) is 0 Å². The maximum absolute atomic E-state index is 12.8. The number of halogens is 1. The number of hydrogen-bond donors (Lipinski definition) is 1. The zero-order valence-electron chi connectivity index (χ0n) is 10.2. The summed E-state index contributed by atoms with van der Waals surface area (Å²) in [5, 5.41) is 8.58. The second-order valence-corrected chi connectivity index (χ2v) is 4.45. The maximum atomic E-state index is 12.8. The Kier molecular flexibility index (Phi) is 3.99. The largest absolute Gasteiger partial charge is 0.481 e. The fourth-order valence-electron chi connectivity index (χ4n) is 1.95. The summed E-state index contributed by atoms with van der Waals surface area (Å²) in [5.74, 6) is -1.24. The van der Waals surface area contributed by atoms with Crippen LogP contribution in [-0.4, -0.2) is 34.7 Å². The van der Waals surface area contributed by atoms with Crippen molar-refractivity contribution in [3.05, 3.63) is 35.6 Å². The number of benzene rings is 1. The molecule has 0 aliphatic carbocycles. The predicted octanol–water partition coefficient (Wildman–Crippen LogP) is 2.01. The smallest absolute Gasteiger partial charge is 0.410 e. The Morgan fingerprint density at radius 3 is 2.74 bits per heavy atom. The Balaban J connectivity index is 1.89. The van der Waals surface area contributed by atoms with Gasteiger partial charge in [-0.3, -0.25) is 4.79 Å². The Labute approximate surface area is 109 Å². The summed E-state index contributed by atoms with van der Waals surface area (Å²) in [6.45, 7) is 0.701. The van der Waals surface area contributed by atoms with Gasteiger partial charge in [-0.05, 0) is 24.1 Å². The second kappa shape index (κ2) is 5.69. The number of cyclic esters (lactones) is 1. The van der Waals surface area contributed by atoms with E-state index in [4.69, 9.17) is 9.84 Å². The quantitative estimate of drug-likeness (QED) is 0.886. The van der Waals surface area contributed by atoms with E-state index in [1.54, 1.807) is 12.1 Å². The van der Waals surface area contributed by atoms with Crippen molar-refractivity contribution < 1.29 is 23.8 Å². The minimum absolute atomic E-state index is 0.0255. The van der Waals surface area contributed by atoms with Crippen LogP contribution in [0.4, 0.5) is 9.18 Å². The van der Waals surface area contributed by atoms with Gasteiger partial charge in [0.25, 0.3) is 0 Å². The van der Waals surface area contributed by atoms with E-state index >= 15 is 0 Å². The van der Waals surface area contributed by atoms with Crippen LogP contribution in [0.2, 0.25) is 0 Å². The molecule has 5 nitrogen and oxygen atoms in total. The molecule has 19 heavy (non-hydrogen) atoms. The lowest BCUT2D eigenvalue weighted by atomic mass is 10.2. The standard InChI is InChI=1S/C13H14FNO4/c14-10-3-1-9(2-4-10)7-15-8-11(19-13(15)18)5-6-12(16)17/h1-4,11H,5-8H2,(H,16,17). The number of hydrogen-bond acceptors (Lipinski definition) is 3. The van der Waals surface area contributed by atoms with E-state index in [1.165, 1.54) is 17.0 Å². The minimum Gasteiger partial charge on any atom is -0.481 e. The van der Waals surface area contributed by atoms with E-state index < -0.39 is 12.1 Å². The van der Waals surface area contributed by atoms with Gasteiger partial charge in [0.05, 0.1) is 6.54 Å². The average molecular weight is 267 g/mol. The number of carbonyl (C=O) groups excluding carboxylic acids is 1. The summed E-state index contributed by atoms with van der Waals surface area (Å²) < 4.78 is 17.8. The van der Waals surface area contributed by atoms with Gasteiger partial charge in [0.15, 0.2) is 0 Å². The van der Waals surface area contributed by atoms with Gasteiger partial charge in [-0.1, -0.05) is 12.1 Å². The Morgan fingerprint density at radius 1 is 1.42 bits per heavy atom. The lowest BCUT2D eigenvalue weighted by Crippen LogP contribution is -2.24. The third kappa shape index (κ3) is 3.67. The fourth-order valence-corrected chi connectivity index (χ4v) is 1.95. The van der Waals surface area contributed by atoms with Crippen LogP contribution < -0.4 is 0 Å². The van der Waals surface area contributed by atoms with Crippen molar-refractivity contribution >= 4 is 12.1 Å². The summed E-state index contributed by atoms with van der Waals surface area (Å²) in [5.41, 5.74) is 0.803. The van der Waals surface area contributed by atoms with E-state index in [1.807, 2.05) is 0 Å². The van der Waals surface area contributed by atoms with Crippen LogP contribution in [-0.2, 0) is 16.1 Å². The lowest BCUT2D eigenvalue weighted by molar-refractivity contribution is -0.137. The van der Waals surface area contributed by atoms with Crippen LogP contribution >= 0.6 is 0 Å². The first-order valence-corrected chi connectivity index (χ1v) is 5.96. The number of nitrogens with zero attached hydrogens (tertiary/aromatic N) is 1. The molecule has 1 N–H and O–H groups in total. The molecule has 102 valence electrons. The molecule has 2 rings (SSSR count). The Morgan fingerprint density at radius 2 is 2.11 bits per heavy atom. The van der Waals surface area contributed by atoms with Crippen molar-refractivity contribution in [3.8, 4) is 0 Å². The second-order valence-electron chi connectivity index (χ2n) is 4.45. The molecule has 1 aliphatic heterocycles. The number of ether oxygens (including phenoxy) is 1. The normalized spacial score (nSPS) is 18.5. The summed E-state index contributed by atoms with van der Waals surface area (Å²) >= 11 is 0. The molecule has 1 aromatic carbocycles. The van der Waals surface area contributed by atoms with Gasteiger partial charge >= 0.3 is 12.1 Å². The van der Waals surface area contributed by atoms with Gasteiger partial charge in [0, 0.05) is 13.0 Å². The fraction of sp³-hybridized carbons (Fsp3) is 0.385. The highest BCUT2D eigenvalue weighted by molar-refractivity contribution is 5.70. The van der Waals surface area contributed by atoms with Crippen LogP contribution in [0.15, 0.2) is 24.3 Å². The monoisotopic (exact) mass is 267 g/mol. The SMILES string of the molecule is O=C(O)CCC1CN(Cc2ccc(F)cc2)C(=O)O1. The molecule has 1 unspecified atom stereocenters. The van der Waals surface area contributed by atoms with Crippen LogP contribution in [0.3, 0.4) is 0 Å². The lowest BCUT2D eigenvalue weighted by Gasteiger charge is -2.12. The van der Waals surface area contributed by atoms with Gasteiger partial charge < -0.3 is 14.7 Å². The average Bonchev–Trinajstić information content (AvgIpc) is 2.71. The zero-order chi connectivity index (χ0) is 13.8.